The average molecular weight is 169 g/mol. The fourth-order valence-corrected chi connectivity index (χ4v) is 1.70. The third-order valence-electron chi connectivity index (χ3n) is 2.42. The molecule has 1 saturated heterocycles. The van der Waals surface area contributed by atoms with Crippen molar-refractivity contribution in [2.75, 3.05) is 26.7 Å². The lowest BCUT2D eigenvalue weighted by Gasteiger charge is -2.06. The van der Waals surface area contributed by atoms with Crippen molar-refractivity contribution in [3.63, 3.8) is 0 Å². The van der Waals surface area contributed by atoms with E-state index < -0.39 is 0 Å². The summed E-state index contributed by atoms with van der Waals surface area (Å²) in [6.07, 6.45) is 7.62. The number of rotatable bonds is 4. The Balaban J connectivity index is 2.07. The van der Waals surface area contributed by atoms with Crippen LogP contribution in [0.2, 0.25) is 0 Å². The van der Waals surface area contributed by atoms with Crippen molar-refractivity contribution in [1.82, 2.24) is 4.90 Å². The van der Waals surface area contributed by atoms with Gasteiger partial charge in [-0.05, 0) is 38.8 Å². The maximum Gasteiger partial charge on any atom is 0.0465 e. The van der Waals surface area contributed by atoms with Gasteiger partial charge in [0.25, 0.3) is 0 Å². The number of hydrogen-bond acceptors (Lipinski definition) is 2. The quantitative estimate of drug-likeness (QED) is 0.641. The van der Waals surface area contributed by atoms with Gasteiger partial charge < -0.3 is 10.0 Å². The molecule has 0 aromatic rings. The first kappa shape index (κ1) is 9.75. The predicted molar refractivity (Wildman–Crippen MR) is 51.1 cm³/mol. The molecule has 1 heterocycles. The minimum Gasteiger partial charge on any atom is -0.396 e. The van der Waals surface area contributed by atoms with Crippen LogP contribution in [-0.2, 0) is 0 Å². The molecule has 0 bridgehead atoms. The van der Waals surface area contributed by atoms with Crippen LogP contribution in [0, 0.1) is 5.92 Å². The van der Waals surface area contributed by atoms with Crippen molar-refractivity contribution in [2.24, 2.45) is 5.92 Å². The molecule has 1 aliphatic rings. The van der Waals surface area contributed by atoms with E-state index >= 15 is 0 Å². The fourth-order valence-electron chi connectivity index (χ4n) is 1.70. The Morgan fingerprint density at radius 2 is 2.33 bits per heavy atom. The summed E-state index contributed by atoms with van der Waals surface area (Å²) >= 11 is 0. The van der Waals surface area contributed by atoms with Gasteiger partial charge in [0.05, 0.1) is 0 Å². The second-order valence-corrected chi connectivity index (χ2v) is 3.64. The highest BCUT2D eigenvalue weighted by Crippen LogP contribution is 2.18. The molecule has 70 valence electrons. The van der Waals surface area contributed by atoms with Crippen molar-refractivity contribution in [3.8, 4) is 0 Å². The maximum atomic E-state index is 8.54. The molecule has 0 aromatic heterocycles. The molecular formula is C10H19NO. The first-order valence-corrected chi connectivity index (χ1v) is 4.77. The van der Waals surface area contributed by atoms with Gasteiger partial charge in [0.2, 0.25) is 0 Å². The molecule has 0 spiro atoms. The van der Waals surface area contributed by atoms with Crippen molar-refractivity contribution >= 4 is 0 Å². The van der Waals surface area contributed by atoms with Crippen LogP contribution in [-0.4, -0.2) is 36.8 Å². The highest BCUT2D eigenvalue weighted by molar-refractivity contribution is 4.86. The second-order valence-electron chi connectivity index (χ2n) is 3.64. The van der Waals surface area contributed by atoms with E-state index in [9.17, 15) is 0 Å². The van der Waals surface area contributed by atoms with Crippen LogP contribution in [0.4, 0.5) is 0 Å². The van der Waals surface area contributed by atoms with E-state index in [4.69, 9.17) is 5.11 Å². The molecule has 1 fully saturated rings. The summed E-state index contributed by atoms with van der Waals surface area (Å²) in [7, 11) is 2.18. The summed E-state index contributed by atoms with van der Waals surface area (Å²) < 4.78 is 0. The summed E-state index contributed by atoms with van der Waals surface area (Å²) in [6, 6.07) is 0. The fraction of sp³-hybridized carbons (Fsp3) is 0.800. The monoisotopic (exact) mass is 169 g/mol. The van der Waals surface area contributed by atoms with Gasteiger partial charge in [0.15, 0.2) is 0 Å². The first-order valence-electron chi connectivity index (χ1n) is 4.77. The number of aliphatic hydroxyl groups excluding tert-OH is 1. The third-order valence-corrected chi connectivity index (χ3v) is 2.42. The summed E-state index contributed by atoms with van der Waals surface area (Å²) in [5, 5.41) is 8.54. The molecule has 2 nitrogen and oxygen atoms in total. The predicted octanol–water partition coefficient (Wildman–Crippen LogP) is 1.27. The van der Waals surface area contributed by atoms with Crippen LogP contribution >= 0.6 is 0 Å². The van der Waals surface area contributed by atoms with Gasteiger partial charge in [-0.15, -0.1) is 0 Å². The van der Waals surface area contributed by atoms with Crippen LogP contribution in [0.15, 0.2) is 12.2 Å². The summed E-state index contributed by atoms with van der Waals surface area (Å²) in [4.78, 5) is 2.38. The number of nitrogens with zero attached hydrogens (tertiary/aromatic N) is 1. The lowest BCUT2D eigenvalue weighted by Crippen LogP contribution is -2.13. The summed E-state index contributed by atoms with van der Waals surface area (Å²) in [5.41, 5.74) is 0. The standard InChI is InChI=1S/C10H19NO/c1-11-7-6-10(9-11)5-3-2-4-8-12/h2-3,10,12H,4-9H2,1H3/b3-2-. The van der Waals surface area contributed by atoms with Gasteiger partial charge >= 0.3 is 0 Å². The Bertz CT molecular complexity index is 145. The lowest BCUT2D eigenvalue weighted by atomic mass is 10.0. The van der Waals surface area contributed by atoms with E-state index in [1.807, 2.05) is 0 Å². The molecule has 1 N–H and O–H groups in total. The zero-order valence-electron chi connectivity index (χ0n) is 7.87. The summed E-state index contributed by atoms with van der Waals surface area (Å²) in [5.74, 6) is 0.852. The molecule has 0 amide bonds. The highest BCUT2D eigenvalue weighted by Gasteiger charge is 2.17. The van der Waals surface area contributed by atoms with E-state index in [-0.39, 0.29) is 6.61 Å². The molecule has 1 unspecified atom stereocenters. The van der Waals surface area contributed by atoms with Crippen LogP contribution in [0.1, 0.15) is 19.3 Å². The Labute approximate surface area is 74.9 Å². The average Bonchev–Trinajstić information content (AvgIpc) is 2.45. The molecule has 0 aliphatic carbocycles. The van der Waals surface area contributed by atoms with Crippen LogP contribution in [0.25, 0.3) is 0 Å². The highest BCUT2D eigenvalue weighted by atomic mass is 16.2. The molecule has 1 aliphatic heterocycles. The molecule has 1 atom stereocenters. The minimum atomic E-state index is 0.279. The SMILES string of the molecule is CN1CCC(C/C=C\CCO)C1. The molecule has 0 saturated carbocycles. The molecule has 0 aromatic carbocycles. The van der Waals surface area contributed by atoms with E-state index in [0.717, 1.165) is 12.3 Å². The zero-order chi connectivity index (χ0) is 8.81. The largest absolute Gasteiger partial charge is 0.396 e. The molecule has 2 heteroatoms. The van der Waals surface area contributed by atoms with E-state index in [0.29, 0.717) is 0 Å². The van der Waals surface area contributed by atoms with Crippen LogP contribution < -0.4 is 0 Å². The first-order chi connectivity index (χ1) is 5.83. The number of allylic oxidation sites excluding steroid dienone is 1. The van der Waals surface area contributed by atoms with E-state index in [1.165, 1.54) is 25.9 Å². The van der Waals surface area contributed by atoms with Gasteiger partial charge in [-0.2, -0.15) is 0 Å². The molecule has 12 heavy (non-hydrogen) atoms. The Hall–Kier alpha value is -0.340. The Morgan fingerprint density at radius 1 is 1.50 bits per heavy atom. The van der Waals surface area contributed by atoms with E-state index in [1.54, 1.807) is 0 Å². The van der Waals surface area contributed by atoms with Gasteiger partial charge in [-0.25, -0.2) is 0 Å². The van der Waals surface area contributed by atoms with Crippen molar-refractivity contribution in [3.05, 3.63) is 12.2 Å². The van der Waals surface area contributed by atoms with E-state index in [2.05, 4.69) is 24.1 Å². The molecule has 0 radical (unpaired) electrons. The smallest absolute Gasteiger partial charge is 0.0465 e. The van der Waals surface area contributed by atoms with Crippen LogP contribution in [0.3, 0.4) is 0 Å². The van der Waals surface area contributed by atoms with Crippen molar-refractivity contribution < 1.29 is 5.11 Å². The normalized spacial score (nSPS) is 25.7. The van der Waals surface area contributed by atoms with Gasteiger partial charge in [-0.3, -0.25) is 0 Å². The van der Waals surface area contributed by atoms with Crippen molar-refractivity contribution in [1.29, 1.82) is 0 Å². The van der Waals surface area contributed by atoms with Crippen LogP contribution in [0.5, 0.6) is 0 Å². The van der Waals surface area contributed by atoms with Crippen molar-refractivity contribution in [2.45, 2.75) is 19.3 Å². The maximum absolute atomic E-state index is 8.54. The minimum absolute atomic E-state index is 0.279. The number of aliphatic hydroxyl groups is 1. The Morgan fingerprint density at radius 3 is 2.92 bits per heavy atom. The molecule has 1 rings (SSSR count). The summed E-state index contributed by atoms with van der Waals surface area (Å²) in [6.45, 7) is 2.77. The Kier molecular flexibility index (Phi) is 4.33. The third kappa shape index (κ3) is 3.37. The molecular weight excluding hydrogens is 150 g/mol. The zero-order valence-corrected chi connectivity index (χ0v) is 7.87. The number of likely N-dealkylation sites (tertiary alicyclic amines) is 1. The topological polar surface area (TPSA) is 23.5 Å². The van der Waals surface area contributed by atoms with Gasteiger partial charge in [0.1, 0.15) is 0 Å². The number of hydrogen-bond donors (Lipinski definition) is 1. The van der Waals surface area contributed by atoms with Gasteiger partial charge in [-0.1, -0.05) is 12.2 Å². The second kappa shape index (κ2) is 5.33. The van der Waals surface area contributed by atoms with Gasteiger partial charge in [0, 0.05) is 13.2 Å². The lowest BCUT2D eigenvalue weighted by molar-refractivity contribution is 0.302.